The van der Waals surface area contributed by atoms with E-state index in [2.05, 4.69) is 11.9 Å². The molecule has 0 bridgehead atoms. The van der Waals surface area contributed by atoms with Crippen LogP contribution in [0, 0.1) is 0 Å². The van der Waals surface area contributed by atoms with E-state index in [9.17, 15) is 4.79 Å². The Labute approximate surface area is 103 Å². The lowest BCUT2D eigenvalue weighted by Gasteiger charge is -2.18. The number of aryl methyl sites for hydroxylation is 1. The van der Waals surface area contributed by atoms with Crippen molar-refractivity contribution >= 4 is 11.5 Å². The van der Waals surface area contributed by atoms with Gasteiger partial charge >= 0.3 is 0 Å². The Morgan fingerprint density at radius 1 is 1.41 bits per heavy atom. The van der Waals surface area contributed by atoms with E-state index >= 15 is 0 Å². The van der Waals surface area contributed by atoms with Gasteiger partial charge in [-0.1, -0.05) is 5.57 Å². The van der Waals surface area contributed by atoms with Gasteiger partial charge in [0.15, 0.2) is 5.78 Å². The zero-order chi connectivity index (χ0) is 12.3. The molecular formula is C15H19NO. The smallest absolute Gasteiger partial charge is 0.163 e. The Morgan fingerprint density at radius 2 is 2.24 bits per heavy atom. The van der Waals surface area contributed by atoms with Crippen LogP contribution in [0.25, 0.3) is 0 Å². The first kappa shape index (κ1) is 11.9. The van der Waals surface area contributed by atoms with Crippen LogP contribution in [0.1, 0.15) is 42.1 Å². The average Bonchev–Trinajstić information content (AvgIpc) is 2.35. The lowest BCUT2D eigenvalue weighted by Crippen LogP contribution is -2.12. The number of Topliss-reactive ketones (excluding diaryl/α,β-unsaturated/α-hetero) is 1. The van der Waals surface area contributed by atoms with Crippen molar-refractivity contribution in [2.45, 2.75) is 32.6 Å². The van der Waals surface area contributed by atoms with E-state index in [-0.39, 0.29) is 5.78 Å². The molecule has 0 aromatic heterocycles. The molecule has 2 heteroatoms. The lowest BCUT2D eigenvalue weighted by atomic mass is 9.97. The minimum absolute atomic E-state index is 0.223. The van der Waals surface area contributed by atoms with Crippen molar-refractivity contribution in [3.05, 3.63) is 41.5 Å². The molecule has 0 saturated heterocycles. The molecule has 90 valence electrons. The van der Waals surface area contributed by atoms with Crippen LogP contribution >= 0.6 is 0 Å². The van der Waals surface area contributed by atoms with Gasteiger partial charge in [0.2, 0.25) is 0 Å². The summed E-state index contributed by atoms with van der Waals surface area (Å²) in [5.74, 6) is 0.223. The van der Waals surface area contributed by atoms with E-state index in [0.717, 1.165) is 36.9 Å². The van der Waals surface area contributed by atoms with Crippen LogP contribution in [0.4, 0.5) is 5.69 Å². The third-order valence-electron chi connectivity index (χ3n) is 3.14. The molecule has 0 aliphatic carbocycles. The minimum Gasteiger partial charge on any atom is -0.385 e. The number of carbonyl (C=O) groups is 1. The van der Waals surface area contributed by atoms with Gasteiger partial charge in [0.1, 0.15) is 0 Å². The van der Waals surface area contributed by atoms with Gasteiger partial charge in [-0.3, -0.25) is 4.79 Å². The van der Waals surface area contributed by atoms with Crippen molar-refractivity contribution in [1.82, 2.24) is 0 Å². The SMILES string of the molecule is C=C(C)CCC(=O)c1ccc2c(c1)CCCN2. The van der Waals surface area contributed by atoms with E-state index in [1.54, 1.807) is 0 Å². The van der Waals surface area contributed by atoms with Crippen molar-refractivity contribution < 1.29 is 4.79 Å². The highest BCUT2D eigenvalue weighted by molar-refractivity contribution is 5.96. The summed E-state index contributed by atoms with van der Waals surface area (Å²) < 4.78 is 0. The number of anilines is 1. The molecule has 1 heterocycles. The number of allylic oxidation sites excluding steroid dienone is 1. The van der Waals surface area contributed by atoms with Crippen LogP contribution in [0.15, 0.2) is 30.4 Å². The standard InChI is InChI=1S/C15H19NO/c1-11(2)5-8-15(17)13-6-7-14-12(10-13)4-3-9-16-14/h6-7,10,16H,1,3-5,8-9H2,2H3. The third kappa shape index (κ3) is 2.96. The van der Waals surface area contributed by atoms with Crippen molar-refractivity contribution in [3.63, 3.8) is 0 Å². The maximum atomic E-state index is 12.0. The number of carbonyl (C=O) groups excluding carboxylic acids is 1. The molecule has 2 rings (SSSR count). The minimum atomic E-state index is 0.223. The Morgan fingerprint density at radius 3 is 3.00 bits per heavy atom. The second kappa shape index (κ2) is 5.17. The lowest BCUT2D eigenvalue weighted by molar-refractivity contribution is 0.0982. The van der Waals surface area contributed by atoms with Crippen molar-refractivity contribution in [3.8, 4) is 0 Å². The van der Waals surface area contributed by atoms with Crippen LogP contribution in [-0.2, 0) is 6.42 Å². The summed E-state index contributed by atoms with van der Waals surface area (Å²) in [6.45, 7) is 6.83. The zero-order valence-electron chi connectivity index (χ0n) is 10.4. The van der Waals surface area contributed by atoms with Gasteiger partial charge in [0.05, 0.1) is 0 Å². The summed E-state index contributed by atoms with van der Waals surface area (Å²) in [5, 5.41) is 3.35. The number of nitrogens with one attached hydrogen (secondary N) is 1. The van der Waals surface area contributed by atoms with Crippen LogP contribution < -0.4 is 5.32 Å². The number of hydrogen-bond donors (Lipinski definition) is 1. The topological polar surface area (TPSA) is 29.1 Å². The van der Waals surface area contributed by atoms with E-state index in [4.69, 9.17) is 0 Å². The predicted octanol–water partition coefficient (Wildman–Crippen LogP) is 3.58. The summed E-state index contributed by atoms with van der Waals surface area (Å²) in [4.78, 5) is 12.0. The summed E-state index contributed by atoms with van der Waals surface area (Å²) in [6, 6.07) is 6.00. The van der Waals surface area contributed by atoms with Gasteiger partial charge in [-0.05, 0) is 49.9 Å². The summed E-state index contributed by atoms with van der Waals surface area (Å²) >= 11 is 0. The number of fused-ring (bicyclic) bond motifs is 1. The molecule has 1 aliphatic heterocycles. The van der Waals surface area contributed by atoms with Crippen LogP contribution in [0.3, 0.4) is 0 Å². The molecular weight excluding hydrogens is 210 g/mol. The van der Waals surface area contributed by atoms with E-state index in [1.807, 2.05) is 25.1 Å². The first-order valence-electron chi connectivity index (χ1n) is 6.21. The molecule has 2 nitrogen and oxygen atoms in total. The van der Waals surface area contributed by atoms with Crippen LogP contribution in [-0.4, -0.2) is 12.3 Å². The van der Waals surface area contributed by atoms with Crippen LogP contribution in [0.5, 0.6) is 0 Å². The van der Waals surface area contributed by atoms with E-state index < -0.39 is 0 Å². The monoisotopic (exact) mass is 229 g/mol. The van der Waals surface area contributed by atoms with Crippen LogP contribution in [0.2, 0.25) is 0 Å². The number of benzene rings is 1. The molecule has 0 amide bonds. The molecule has 0 fully saturated rings. The molecule has 0 spiro atoms. The zero-order valence-corrected chi connectivity index (χ0v) is 10.4. The molecule has 0 radical (unpaired) electrons. The quantitative estimate of drug-likeness (QED) is 0.631. The van der Waals surface area contributed by atoms with Gasteiger partial charge < -0.3 is 5.32 Å². The Balaban J connectivity index is 2.11. The Bertz CT molecular complexity index is 448. The average molecular weight is 229 g/mol. The van der Waals surface area contributed by atoms with Gasteiger partial charge in [-0.25, -0.2) is 0 Å². The number of rotatable bonds is 4. The second-order valence-electron chi connectivity index (χ2n) is 4.78. The van der Waals surface area contributed by atoms with Gasteiger partial charge in [0, 0.05) is 24.2 Å². The van der Waals surface area contributed by atoms with Gasteiger partial charge in [-0.15, -0.1) is 6.58 Å². The van der Waals surface area contributed by atoms with Gasteiger partial charge in [0.25, 0.3) is 0 Å². The van der Waals surface area contributed by atoms with Crippen molar-refractivity contribution in [1.29, 1.82) is 0 Å². The Hall–Kier alpha value is -1.57. The van der Waals surface area contributed by atoms with Crippen molar-refractivity contribution in [2.24, 2.45) is 0 Å². The second-order valence-corrected chi connectivity index (χ2v) is 4.78. The maximum absolute atomic E-state index is 12.0. The fraction of sp³-hybridized carbons (Fsp3) is 0.400. The molecule has 1 aliphatic rings. The maximum Gasteiger partial charge on any atom is 0.163 e. The third-order valence-corrected chi connectivity index (χ3v) is 3.14. The summed E-state index contributed by atoms with van der Waals surface area (Å²) in [5.41, 5.74) is 4.37. The highest BCUT2D eigenvalue weighted by Gasteiger charge is 2.12. The molecule has 0 saturated carbocycles. The number of ketones is 1. The predicted molar refractivity (Wildman–Crippen MR) is 71.6 cm³/mol. The fourth-order valence-corrected chi connectivity index (χ4v) is 2.12. The first-order chi connectivity index (χ1) is 8.16. The van der Waals surface area contributed by atoms with Gasteiger partial charge in [-0.2, -0.15) is 0 Å². The molecule has 1 aromatic rings. The normalized spacial score (nSPS) is 13.7. The molecule has 1 N–H and O–H groups in total. The number of hydrogen-bond acceptors (Lipinski definition) is 2. The highest BCUT2D eigenvalue weighted by atomic mass is 16.1. The van der Waals surface area contributed by atoms with E-state index in [1.165, 1.54) is 11.3 Å². The summed E-state index contributed by atoms with van der Waals surface area (Å²) in [7, 11) is 0. The Kier molecular flexibility index (Phi) is 3.62. The van der Waals surface area contributed by atoms with E-state index in [0.29, 0.717) is 6.42 Å². The first-order valence-corrected chi connectivity index (χ1v) is 6.21. The molecule has 1 aromatic carbocycles. The highest BCUT2D eigenvalue weighted by Crippen LogP contribution is 2.23. The molecule has 17 heavy (non-hydrogen) atoms. The summed E-state index contributed by atoms with van der Waals surface area (Å²) in [6.07, 6.45) is 3.58. The molecule has 0 atom stereocenters. The molecule has 0 unspecified atom stereocenters. The van der Waals surface area contributed by atoms with Crippen molar-refractivity contribution in [2.75, 3.05) is 11.9 Å². The largest absolute Gasteiger partial charge is 0.385 e. The fourth-order valence-electron chi connectivity index (χ4n) is 2.12.